The summed E-state index contributed by atoms with van der Waals surface area (Å²) in [5.74, 6) is 0. The molecule has 2 nitrogen and oxygen atoms in total. The Kier molecular flexibility index (Phi) is 2.50. The van der Waals surface area contributed by atoms with Gasteiger partial charge in [-0.3, -0.25) is 0 Å². The van der Waals surface area contributed by atoms with E-state index in [9.17, 15) is 0 Å². The zero-order chi connectivity index (χ0) is 9.97. The van der Waals surface area contributed by atoms with Crippen LogP contribution in [0.1, 0.15) is 23.6 Å². The highest BCUT2D eigenvalue weighted by atomic mass is 32.1. The first-order chi connectivity index (χ1) is 6.77. The van der Waals surface area contributed by atoms with E-state index in [0.29, 0.717) is 5.11 Å². The maximum absolute atomic E-state index is 5.48. The third-order valence-electron chi connectivity index (χ3n) is 2.36. The lowest BCUT2D eigenvalue weighted by Gasteiger charge is -2.22. The Morgan fingerprint density at radius 2 is 2.21 bits per heavy atom. The normalized spacial score (nSPS) is 18.7. The van der Waals surface area contributed by atoms with Crippen molar-refractivity contribution in [1.29, 1.82) is 0 Å². The van der Waals surface area contributed by atoms with Crippen molar-refractivity contribution in [2.75, 3.05) is 0 Å². The third kappa shape index (κ3) is 1.77. The molecule has 1 atom stereocenters. The molecule has 14 heavy (non-hydrogen) atoms. The molecular weight excluding hydrogens is 192 g/mol. The Morgan fingerprint density at radius 3 is 3.00 bits per heavy atom. The van der Waals surface area contributed by atoms with Gasteiger partial charge >= 0.3 is 0 Å². The average molecular weight is 204 g/mol. The highest BCUT2D eigenvalue weighted by Gasteiger charge is 2.15. The quantitative estimate of drug-likeness (QED) is 0.687. The van der Waals surface area contributed by atoms with E-state index < -0.39 is 0 Å². The smallest absolute Gasteiger partial charge is 0.164 e. The van der Waals surface area contributed by atoms with Crippen molar-refractivity contribution in [3.63, 3.8) is 0 Å². The first kappa shape index (κ1) is 9.21. The van der Waals surface area contributed by atoms with E-state index in [0.717, 1.165) is 6.42 Å². The predicted molar refractivity (Wildman–Crippen MR) is 62.8 cm³/mol. The second-order valence-electron chi connectivity index (χ2n) is 3.33. The molecule has 0 saturated heterocycles. The van der Waals surface area contributed by atoms with E-state index in [4.69, 9.17) is 18.0 Å². The molecule has 1 unspecified atom stereocenters. The van der Waals surface area contributed by atoms with Crippen LogP contribution >= 0.6 is 12.2 Å². The molecule has 0 saturated carbocycles. The van der Waals surface area contributed by atoms with Gasteiger partial charge in [0.05, 0.1) is 6.04 Å². The summed E-state index contributed by atoms with van der Waals surface area (Å²) in [7, 11) is 0. The van der Waals surface area contributed by atoms with Gasteiger partial charge in [-0.2, -0.15) is 0 Å². The van der Waals surface area contributed by atoms with Crippen molar-refractivity contribution in [2.24, 2.45) is 5.73 Å². The summed E-state index contributed by atoms with van der Waals surface area (Å²) in [6.07, 6.45) is 5.21. The van der Waals surface area contributed by atoms with Gasteiger partial charge in [0.15, 0.2) is 5.11 Å². The SMILES string of the molecule is NC(=S)NC1CC=Cc2ccccc21. The van der Waals surface area contributed by atoms with Gasteiger partial charge in [0.1, 0.15) is 0 Å². The van der Waals surface area contributed by atoms with Crippen molar-refractivity contribution in [1.82, 2.24) is 5.32 Å². The number of rotatable bonds is 1. The van der Waals surface area contributed by atoms with Crippen LogP contribution in [-0.2, 0) is 0 Å². The number of thiocarbonyl (C=S) groups is 1. The minimum Gasteiger partial charge on any atom is -0.376 e. The minimum atomic E-state index is 0.230. The highest BCUT2D eigenvalue weighted by Crippen LogP contribution is 2.26. The van der Waals surface area contributed by atoms with Crippen molar-refractivity contribution in [3.8, 4) is 0 Å². The first-order valence-corrected chi connectivity index (χ1v) is 4.99. The minimum absolute atomic E-state index is 0.230. The lowest BCUT2D eigenvalue weighted by atomic mass is 9.93. The molecule has 0 fully saturated rings. The van der Waals surface area contributed by atoms with Crippen LogP contribution in [0.5, 0.6) is 0 Å². The Labute approximate surface area is 88.8 Å². The van der Waals surface area contributed by atoms with E-state index >= 15 is 0 Å². The molecule has 0 spiro atoms. The summed E-state index contributed by atoms with van der Waals surface area (Å²) < 4.78 is 0. The molecule has 2 rings (SSSR count). The van der Waals surface area contributed by atoms with Crippen LogP contribution in [0.2, 0.25) is 0 Å². The van der Waals surface area contributed by atoms with Crippen LogP contribution in [0, 0.1) is 0 Å². The summed E-state index contributed by atoms with van der Waals surface area (Å²) in [5, 5.41) is 3.46. The Morgan fingerprint density at radius 1 is 1.43 bits per heavy atom. The van der Waals surface area contributed by atoms with Crippen LogP contribution in [0.4, 0.5) is 0 Å². The fourth-order valence-corrected chi connectivity index (χ4v) is 1.89. The summed E-state index contributed by atoms with van der Waals surface area (Å²) in [6, 6.07) is 8.50. The van der Waals surface area contributed by atoms with Gasteiger partial charge in [0, 0.05) is 0 Å². The third-order valence-corrected chi connectivity index (χ3v) is 2.47. The highest BCUT2D eigenvalue weighted by molar-refractivity contribution is 7.80. The number of benzene rings is 1. The molecule has 0 aliphatic heterocycles. The maximum Gasteiger partial charge on any atom is 0.164 e. The molecule has 1 aliphatic rings. The van der Waals surface area contributed by atoms with Crippen molar-refractivity contribution < 1.29 is 0 Å². The van der Waals surface area contributed by atoms with Crippen LogP contribution < -0.4 is 11.1 Å². The molecule has 0 heterocycles. The standard InChI is InChI=1S/C11H12N2S/c12-11(14)13-10-7-3-5-8-4-1-2-6-9(8)10/h1-6,10H,7H2,(H3,12,13,14). The van der Waals surface area contributed by atoms with Crippen LogP contribution in [-0.4, -0.2) is 5.11 Å². The van der Waals surface area contributed by atoms with E-state index in [1.54, 1.807) is 0 Å². The molecular formula is C11H12N2S. The molecule has 3 N–H and O–H groups in total. The Bertz CT molecular complexity index is 385. The number of fused-ring (bicyclic) bond motifs is 1. The maximum atomic E-state index is 5.48. The fourth-order valence-electron chi connectivity index (χ4n) is 1.75. The molecule has 1 aromatic rings. The van der Waals surface area contributed by atoms with E-state index in [1.165, 1.54) is 11.1 Å². The van der Waals surface area contributed by atoms with E-state index in [1.807, 2.05) is 12.1 Å². The second-order valence-corrected chi connectivity index (χ2v) is 3.77. The zero-order valence-corrected chi connectivity index (χ0v) is 8.55. The number of hydrogen-bond acceptors (Lipinski definition) is 1. The summed E-state index contributed by atoms with van der Waals surface area (Å²) in [5.41, 5.74) is 7.99. The molecule has 0 amide bonds. The van der Waals surface area contributed by atoms with Gasteiger partial charge in [-0.15, -0.1) is 0 Å². The summed E-state index contributed by atoms with van der Waals surface area (Å²) >= 11 is 4.85. The van der Waals surface area contributed by atoms with Crippen molar-refractivity contribution in [2.45, 2.75) is 12.5 Å². The molecule has 1 aliphatic carbocycles. The first-order valence-electron chi connectivity index (χ1n) is 4.59. The lowest BCUT2D eigenvalue weighted by Crippen LogP contribution is -2.33. The van der Waals surface area contributed by atoms with Gasteiger partial charge in [0.25, 0.3) is 0 Å². The second kappa shape index (κ2) is 3.80. The van der Waals surface area contributed by atoms with Crippen LogP contribution in [0.25, 0.3) is 6.08 Å². The number of nitrogens with two attached hydrogens (primary N) is 1. The van der Waals surface area contributed by atoms with Crippen molar-refractivity contribution >= 4 is 23.4 Å². The molecule has 0 aromatic heterocycles. The predicted octanol–water partition coefficient (Wildman–Crippen LogP) is 1.98. The fraction of sp³-hybridized carbons (Fsp3) is 0.182. The Hall–Kier alpha value is -1.35. The average Bonchev–Trinajstić information content (AvgIpc) is 2.18. The van der Waals surface area contributed by atoms with Gasteiger partial charge in [-0.25, -0.2) is 0 Å². The molecule has 3 heteroatoms. The lowest BCUT2D eigenvalue weighted by molar-refractivity contribution is 0.653. The van der Waals surface area contributed by atoms with Gasteiger partial charge in [-0.1, -0.05) is 36.4 Å². The molecule has 1 aromatic carbocycles. The summed E-state index contributed by atoms with van der Waals surface area (Å²) in [4.78, 5) is 0. The summed E-state index contributed by atoms with van der Waals surface area (Å²) in [6.45, 7) is 0. The largest absolute Gasteiger partial charge is 0.376 e. The van der Waals surface area contributed by atoms with Gasteiger partial charge in [0.2, 0.25) is 0 Å². The topological polar surface area (TPSA) is 38.0 Å². The van der Waals surface area contributed by atoms with Gasteiger partial charge < -0.3 is 11.1 Å². The van der Waals surface area contributed by atoms with Crippen molar-refractivity contribution in [3.05, 3.63) is 41.5 Å². The number of nitrogens with one attached hydrogen (secondary N) is 1. The Balaban J connectivity index is 2.31. The van der Waals surface area contributed by atoms with E-state index in [2.05, 4.69) is 29.6 Å². The zero-order valence-electron chi connectivity index (χ0n) is 7.73. The van der Waals surface area contributed by atoms with Crippen LogP contribution in [0.3, 0.4) is 0 Å². The monoisotopic (exact) mass is 204 g/mol. The van der Waals surface area contributed by atoms with E-state index in [-0.39, 0.29) is 6.04 Å². The van der Waals surface area contributed by atoms with Gasteiger partial charge in [-0.05, 0) is 29.8 Å². The molecule has 0 bridgehead atoms. The number of hydrogen-bond donors (Lipinski definition) is 2. The molecule has 72 valence electrons. The van der Waals surface area contributed by atoms with Crippen LogP contribution in [0.15, 0.2) is 30.3 Å². The molecule has 0 radical (unpaired) electrons.